The number of rotatable bonds is 6. The van der Waals surface area contributed by atoms with Gasteiger partial charge in [0, 0.05) is 11.6 Å². The molecule has 5 heteroatoms. The van der Waals surface area contributed by atoms with Crippen molar-refractivity contribution in [2.45, 2.75) is 12.5 Å². The molecule has 0 aromatic heterocycles. The molecule has 3 nitrogen and oxygen atoms in total. The van der Waals surface area contributed by atoms with Gasteiger partial charge in [-0.15, -0.1) is 12.4 Å². The van der Waals surface area contributed by atoms with E-state index in [1.54, 1.807) is 24.3 Å². The zero-order valence-electron chi connectivity index (χ0n) is 11.5. The fraction of sp³-hybridized carbons (Fsp3) is 0.250. The lowest BCUT2D eigenvalue weighted by molar-refractivity contribution is 0.175. The maximum atomic E-state index is 10.0. The molecule has 1 atom stereocenters. The van der Waals surface area contributed by atoms with Gasteiger partial charge in [-0.2, -0.15) is 0 Å². The molecule has 0 aliphatic heterocycles. The minimum atomic E-state index is -0.562. The Balaban J connectivity index is 0.00000220. The molecule has 0 amide bonds. The Labute approximate surface area is 136 Å². The number of nitrogens with one attached hydrogen (secondary N) is 1. The molecule has 0 aliphatic rings. The van der Waals surface area contributed by atoms with E-state index in [9.17, 15) is 10.2 Å². The summed E-state index contributed by atoms with van der Waals surface area (Å²) in [5.41, 5.74) is 1.96. The molecule has 0 fully saturated rings. The number of aliphatic hydroxyl groups excluding tert-OH is 1. The molecule has 21 heavy (non-hydrogen) atoms. The van der Waals surface area contributed by atoms with Crippen LogP contribution in [0.15, 0.2) is 48.5 Å². The van der Waals surface area contributed by atoms with Gasteiger partial charge >= 0.3 is 0 Å². The van der Waals surface area contributed by atoms with Crippen molar-refractivity contribution < 1.29 is 10.2 Å². The summed E-state index contributed by atoms with van der Waals surface area (Å²) in [6.07, 6.45) is 0.288. The van der Waals surface area contributed by atoms with Gasteiger partial charge in [-0.1, -0.05) is 35.9 Å². The summed E-state index contributed by atoms with van der Waals surface area (Å²) in [5.74, 6) is 0.276. The second-order valence-corrected chi connectivity index (χ2v) is 5.13. The summed E-state index contributed by atoms with van der Waals surface area (Å²) in [7, 11) is 0. The van der Waals surface area contributed by atoms with Crippen LogP contribution in [0.2, 0.25) is 5.02 Å². The first-order chi connectivity index (χ1) is 9.65. The monoisotopic (exact) mass is 327 g/mol. The maximum Gasteiger partial charge on any atom is 0.115 e. The Kier molecular flexibility index (Phi) is 7.54. The number of hydrogen-bond acceptors (Lipinski definition) is 3. The summed E-state index contributed by atoms with van der Waals surface area (Å²) in [6, 6.07) is 14.4. The van der Waals surface area contributed by atoms with Crippen LogP contribution < -0.4 is 5.32 Å². The predicted octanol–water partition coefficient (Wildman–Crippen LogP) is 3.33. The van der Waals surface area contributed by atoms with E-state index < -0.39 is 6.10 Å². The number of aromatic hydroxyl groups is 1. The van der Waals surface area contributed by atoms with E-state index in [4.69, 9.17) is 11.6 Å². The van der Waals surface area contributed by atoms with Crippen molar-refractivity contribution in [2.24, 2.45) is 0 Å². The van der Waals surface area contributed by atoms with Crippen molar-refractivity contribution in [1.29, 1.82) is 0 Å². The van der Waals surface area contributed by atoms with Crippen LogP contribution in [-0.2, 0) is 6.42 Å². The molecule has 0 heterocycles. The number of benzene rings is 2. The molecule has 114 valence electrons. The highest BCUT2D eigenvalue weighted by Gasteiger charge is 2.06. The molecule has 0 radical (unpaired) electrons. The van der Waals surface area contributed by atoms with Gasteiger partial charge in [0.25, 0.3) is 0 Å². The zero-order chi connectivity index (χ0) is 14.4. The minimum Gasteiger partial charge on any atom is -0.508 e. The lowest BCUT2D eigenvalue weighted by Crippen LogP contribution is -2.23. The van der Waals surface area contributed by atoms with E-state index in [0.29, 0.717) is 11.6 Å². The third-order valence-electron chi connectivity index (χ3n) is 3.10. The molecule has 3 N–H and O–H groups in total. The zero-order valence-corrected chi connectivity index (χ0v) is 13.1. The van der Waals surface area contributed by atoms with Crippen molar-refractivity contribution in [3.63, 3.8) is 0 Å². The lowest BCUT2D eigenvalue weighted by atomic mass is 10.1. The second kappa shape index (κ2) is 8.90. The third-order valence-corrected chi connectivity index (χ3v) is 3.33. The lowest BCUT2D eigenvalue weighted by Gasteiger charge is -2.12. The van der Waals surface area contributed by atoms with Gasteiger partial charge < -0.3 is 15.5 Å². The number of aliphatic hydroxyl groups is 1. The average Bonchev–Trinajstić information content (AvgIpc) is 2.45. The van der Waals surface area contributed by atoms with E-state index >= 15 is 0 Å². The SMILES string of the molecule is Cl.Oc1ccc(CCNC[C@H](O)c2cccc(Cl)c2)cc1. The fourth-order valence-corrected chi connectivity index (χ4v) is 2.16. The molecule has 0 saturated heterocycles. The van der Waals surface area contributed by atoms with Crippen LogP contribution in [0.5, 0.6) is 5.75 Å². The van der Waals surface area contributed by atoms with Crippen molar-refractivity contribution in [3.05, 3.63) is 64.7 Å². The quantitative estimate of drug-likeness (QED) is 0.713. The van der Waals surface area contributed by atoms with Gasteiger partial charge in [0.15, 0.2) is 0 Å². The molecule has 0 saturated carbocycles. The van der Waals surface area contributed by atoms with E-state index in [-0.39, 0.29) is 18.2 Å². The smallest absolute Gasteiger partial charge is 0.115 e. The largest absolute Gasteiger partial charge is 0.508 e. The van der Waals surface area contributed by atoms with Gasteiger partial charge in [-0.05, 0) is 48.4 Å². The highest BCUT2D eigenvalue weighted by molar-refractivity contribution is 6.30. The van der Waals surface area contributed by atoms with Crippen LogP contribution >= 0.6 is 24.0 Å². The van der Waals surface area contributed by atoms with Crippen LogP contribution in [-0.4, -0.2) is 23.3 Å². The Morgan fingerprint density at radius 3 is 2.48 bits per heavy atom. The highest BCUT2D eigenvalue weighted by atomic mass is 35.5. The summed E-state index contributed by atoms with van der Waals surface area (Å²) >= 11 is 5.89. The van der Waals surface area contributed by atoms with Crippen LogP contribution in [0.25, 0.3) is 0 Å². The maximum absolute atomic E-state index is 10.0. The molecular formula is C16H19Cl2NO2. The molecule has 0 unspecified atom stereocenters. The summed E-state index contributed by atoms with van der Waals surface area (Å²) < 4.78 is 0. The molecule has 0 aliphatic carbocycles. The second-order valence-electron chi connectivity index (χ2n) is 4.69. The molecular weight excluding hydrogens is 309 g/mol. The van der Waals surface area contributed by atoms with E-state index in [1.165, 1.54) is 0 Å². The topological polar surface area (TPSA) is 52.5 Å². The number of halogens is 2. The molecule has 0 spiro atoms. The molecule has 2 rings (SSSR count). The molecule has 2 aromatic carbocycles. The highest BCUT2D eigenvalue weighted by Crippen LogP contribution is 2.17. The fourth-order valence-electron chi connectivity index (χ4n) is 1.97. The first-order valence-electron chi connectivity index (χ1n) is 6.57. The van der Waals surface area contributed by atoms with Gasteiger partial charge in [0.2, 0.25) is 0 Å². The van der Waals surface area contributed by atoms with Crippen molar-refractivity contribution >= 4 is 24.0 Å². The Bertz CT molecular complexity index is 546. The Morgan fingerprint density at radius 1 is 1.10 bits per heavy atom. The van der Waals surface area contributed by atoms with Gasteiger partial charge in [0.1, 0.15) is 5.75 Å². The first-order valence-corrected chi connectivity index (χ1v) is 6.95. The molecule has 2 aromatic rings. The number of phenols is 1. The van der Waals surface area contributed by atoms with E-state index in [1.807, 2.05) is 24.3 Å². The van der Waals surface area contributed by atoms with Crippen LogP contribution in [0.1, 0.15) is 17.2 Å². The third kappa shape index (κ3) is 5.94. The van der Waals surface area contributed by atoms with E-state index in [0.717, 1.165) is 24.1 Å². The van der Waals surface area contributed by atoms with Crippen molar-refractivity contribution in [1.82, 2.24) is 5.32 Å². The van der Waals surface area contributed by atoms with Gasteiger partial charge in [0.05, 0.1) is 6.10 Å². The number of phenolic OH excluding ortho intramolecular Hbond substituents is 1. The summed E-state index contributed by atoms with van der Waals surface area (Å²) in [6.45, 7) is 1.25. The van der Waals surface area contributed by atoms with Gasteiger partial charge in [-0.25, -0.2) is 0 Å². The van der Waals surface area contributed by atoms with Crippen molar-refractivity contribution in [3.8, 4) is 5.75 Å². The average molecular weight is 328 g/mol. The summed E-state index contributed by atoms with van der Waals surface area (Å²) in [5, 5.41) is 23.1. The van der Waals surface area contributed by atoms with Crippen LogP contribution in [0, 0.1) is 0 Å². The van der Waals surface area contributed by atoms with Crippen LogP contribution in [0.4, 0.5) is 0 Å². The first kappa shape index (κ1) is 17.8. The Morgan fingerprint density at radius 2 is 1.81 bits per heavy atom. The standard InChI is InChI=1S/C16H18ClNO2.ClH/c17-14-3-1-2-13(10-14)16(20)11-18-9-8-12-4-6-15(19)7-5-12;/h1-7,10,16,18-20H,8-9,11H2;1H/t16-;/m0./s1. The van der Waals surface area contributed by atoms with E-state index in [2.05, 4.69) is 5.32 Å². The van der Waals surface area contributed by atoms with Crippen LogP contribution in [0.3, 0.4) is 0 Å². The predicted molar refractivity (Wildman–Crippen MR) is 88.3 cm³/mol. The molecule has 0 bridgehead atoms. The number of hydrogen-bond donors (Lipinski definition) is 3. The van der Waals surface area contributed by atoms with Gasteiger partial charge in [-0.3, -0.25) is 0 Å². The summed E-state index contributed by atoms with van der Waals surface area (Å²) in [4.78, 5) is 0. The normalized spacial score (nSPS) is 11.7. The Hall–Kier alpha value is -1.26. The van der Waals surface area contributed by atoms with Crippen molar-refractivity contribution in [2.75, 3.05) is 13.1 Å². The minimum absolute atomic E-state index is 0.